The molecule has 9 nitrogen and oxygen atoms in total. The first-order chi connectivity index (χ1) is 14.6. The number of carbonyl (C=O) groups is 1. The minimum Gasteiger partial charge on any atom is -0.339 e. The zero-order valence-electron chi connectivity index (χ0n) is 18.1. The molecule has 3 heterocycles. The largest absolute Gasteiger partial charge is 0.339 e. The van der Waals surface area contributed by atoms with Gasteiger partial charge in [0.15, 0.2) is 0 Å². The highest BCUT2D eigenvalue weighted by Crippen LogP contribution is 2.20. The van der Waals surface area contributed by atoms with E-state index >= 15 is 0 Å². The second kappa shape index (κ2) is 10.3. The average molecular weight is 493 g/mol. The number of nitrogens with zero attached hydrogens (tertiary/aromatic N) is 3. The summed E-state index contributed by atoms with van der Waals surface area (Å²) in [5.41, 5.74) is 0. The number of sulfonamides is 1. The Bertz CT molecular complexity index is 931. The van der Waals surface area contributed by atoms with Crippen LogP contribution in [-0.2, 0) is 25.0 Å². The van der Waals surface area contributed by atoms with E-state index in [0.717, 1.165) is 37.0 Å². The Morgan fingerprint density at radius 3 is 2.03 bits per heavy atom. The number of carbonyl (C=O) groups excluding carboxylic acids is 1. The molecule has 31 heavy (non-hydrogen) atoms. The van der Waals surface area contributed by atoms with Crippen LogP contribution in [0.4, 0.5) is 0 Å². The van der Waals surface area contributed by atoms with E-state index in [0.29, 0.717) is 13.1 Å². The molecule has 176 valence electrons. The number of piperazine rings is 1. The summed E-state index contributed by atoms with van der Waals surface area (Å²) >= 11 is 1.10. The van der Waals surface area contributed by atoms with Gasteiger partial charge in [-0.1, -0.05) is 32.8 Å². The van der Waals surface area contributed by atoms with Crippen molar-refractivity contribution in [2.75, 3.05) is 39.3 Å². The average Bonchev–Trinajstić information content (AvgIpc) is 3.15. The summed E-state index contributed by atoms with van der Waals surface area (Å²) in [6, 6.07) is 2.25. The standard InChI is InChI=1S/C19H32N4O5S3/c1-16(2)18(20-30(25,26)17-8-7-15-29-17)19(24)21-11-13-23(14-12-21)31(27,28)22-9-5-3-4-6-10-22/h7-8,15-16,18,20H,3-6,9-14H2,1-2H3. The molecule has 0 aliphatic carbocycles. The van der Waals surface area contributed by atoms with E-state index in [1.54, 1.807) is 34.5 Å². The van der Waals surface area contributed by atoms with Crippen molar-refractivity contribution in [3.63, 3.8) is 0 Å². The van der Waals surface area contributed by atoms with Crippen molar-refractivity contribution < 1.29 is 21.6 Å². The second-order valence-corrected chi connectivity index (χ2v) is 13.1. The molecule has 0 bridgehead atoms. The predicted molar refractivity (Wildman–Crippen MR) is 120 cm³/mol. The molecule has 2 aliphatic heterocycles. The van der Waals surface area contributed by atoms with Gasteiger partial charge < -0.3 is 4.90 Å². The molecule has 1 amide bonds. The molecule has 1 unspecified atom stereocenters. The van der Waals surface area contributed by atoms with Crippen molar-refractivity contribution in [3.05, 3.63) is 17.5 Å². The van der Waals surface area contributed by atoms with Crippen LogP contribution in [0.15, 0.2) is 21.7 Å². The topological polar surface area (TPSA) is 107 Å². The lowest BCUT2D eigenvalue weighted by Crippen LogP contribution is -2.58. The van der Waals surface area contributed by atoms with Crippen LogP contribution in [0.2, 0.25) is 0 Å². The van der Waals surface area contributed by atoms with E-state index in [1.807, 2.05) is 0 Å². The highest BCUT2D eigenvalue weighted by molar-refractivity contribution is 7.91. The van der Waals surface area contributed by atoms with E-state index in [2.05, 4.69) is 4.72 Å². The minimum absolute atomic E-state index is 0.166. The highest BCUT2D eigenvalue weighted by Gasteiger charge is 2.37. The van der Waals surface area contributed by atoms with Crippen LogP contribution in [0.25, 0.3) is 0 Å². The van der Waals surface area contributed by atoms with E-state index in [-0.39, 0.29) is 42.2 Å². The number of amides is 1. The maximum atomic E-state index is 13.1. The maximum absolute atomic E-state index is 13.1. The van der Waals surface area contributed by atoms with Crippen molar-refractivity contribution in [2.24, 2.45) is 5.92 Å². The number of nitrogens with one attached hydrogen (secondary N) is 1. The Hall–Kier alpha value is -1.05. The Balaban J connectivity index is 1.64. The van der Waals surface area contributed by atoms with Gasteiger partial charge in [-0.15, -0.1) is 11.3 Å². The first-order valence-corrected chi connectivity index (χ1v) is 14.5. The molecule has 1 atom stereocenters. The van der Waals surface area contributed by atoms with Crippen LogP contribution >= 0.6 is 11.3 Å². The van der Waals surface area contributed by atoms with Gasteiger partial charge in [0.05, 0.1) is 0 Å². The zero-order chi connectivity index (χ0) is 22.6. The summed E-state index contributed by atoms with van der Waals surface area (Å²) < 4.78 is 56.9. The Morgan fingerprint density at radius 2 is 1.52 bits per heavy atom. The number of hydrogen-bond donors (Lipinski definition) is 1. The summed E-state index contributed by atoms with van der Waals surface area (Å²) in [7, 11) is -7.32. The Morgan fingerprint density at radius 1 is 0.935 bits per heavy atom. The molecule has 2 fully saturated rings. The quantitative estimate of drug-likeness (QED) is 0.618. The molecule has 1 aromatic heterocycles. The molecule has 2 aliphatic rings. The summed E-state index contributed by atoms with van der Waals surface area (Å²) in [5, 5.41) is 1.67. The molecule has 2 saturated heterocycles. The number of rotatable bonds is 7. The molecular weight excluding hydrogens is 460 g/mol. The summed E-state index contributed by atoms with van der Waals surface area (Å²) in [4.78, 5) is 14.7. The fraction of sp³-hybridized carbons (Fsp3) is 0.737. The number of thiophene rings is 1. The molecule has 1 N–H and O–H groups in total. The van der Waals surface area contributed by atoms with Crippen molar-refractivity contribution in [1.29, 1.82) is 0 Å². The highest BCUT2D eigenvalue weighted by atomic mass is 32.2. The fourth-order valence-corrected chi connectivity index (χ4v) is 7.90. The van der Waals surface area contributed by atoms with Gasteiger partial charge in [-0.2, -0.15) is 21.8 Å². The third-order valence-electron chi connectivity index (χ3n) is 5.74. The summed E-state index contributed by atoms with van der Waals surface area (Å²) in [6.07, 6.45) is 3.84. The summed E-state index contributed by atoms with van der Waals surface area (Å²) in [6.45, 7) is 5.59. The van der Waals surface area contributed by atoms with Crippen LogP contribution < -0.4 is 4.72 Å². The molecule has 0 radical (unpaired) electrons. The third kappa shape index (κ3) is 5.85. The molecular formula is C19H32N4O5S3. The van der Waals surface area contributed by atoms with Crippen molar-refractivity contribution in [2.45, 2.75) is 49.8 Å². The van der Waals surface area contributed by atoms with Gasteiger partial charge in [0.2, 0.25) is 5.91 Å². The van der Waals surface area contributed by atoms with Gasteiger partial charge in [-0.3, -0.25) is 4.79 Å². The fourth-order valence-electron chi connectivity index (χ4n) is 3.88. The van der Waals surface area contributed by atoms with E-state index in [4.69, 9.17) is 0 Å². The van der Waals surface area contributed by atoms with Crippen LogP contribution in [0.3, 0.4) is 0 Å². The Kier molecular flexibility index (Phi) is 8.14. The van der Waals surface area contributed by atoms with Crippen molar-refractivity contribution in [1.82, 2.24) is 18.2 Å². The van der Waals surface area contributed by atoms with Gasteiger partial charge in [0.25, 0.3) is 20.2 Å². The van der Waals surface area contributed by atoms with E-state index < -0.39 is 26.3 Å². The smallest absolute Gasteiger partial charge is 0.282 e. The molecule has 3 rings (SSSR count). The summed E-state index contributed by atoms with van der Waals surface area (Å²) in [5.74, 6) is -0.567. The van der Waals surface area contributed by atoms with Crippen LogP contribution in [0.1, 0.15) is 39.5 Å². The lowest BCUT2D eigenvalue weighted by atomic mass is 10.0. The van der Waals surface area contributed by atoms with Gasteiger partial charge >= 0.3 is 0 Å². The van der Waals surface area contributed by atoms with Gasteiger partial charge in [0.1, 0.15) is 10.3 Å². The SMILES string of the molecule is CC(C)C(NS(=O)(=O)c1cccs1)C(=O)N1CCN(S(=O)(=O)N2CCCCCC2)CC1. The lowest BCUT2D eigenvalue weighted by molar-refractivity contribution is -0.135. The normalized spacial score (nSPS) is 21.2. The van der Waals surface area contributed by atoms with Gasteiger partial charge in [-0.05, 0) is 30.2 Å². The lowest BCUT2D eigenvalue weighted by Gasteiger charge is -2.38. The van der Waals surface area contributed by atoms with Gasteiger partial charge in [-0.25, -0.2) is 8.42 Å². The minimum atomic E-state index is -3.79. The predicted octanol–water partition coefficient (Wildman–Crippen LogP) is 1.32. The zero-order valence-corrected chi connectivity index (χ0v) is 20.5. The number of hydrogen-bond acceptors (Lipinski definition) is 6. The second-order valence-electron chi connectivity index (χ2n) is 8.32. The first-order valence-electron chi connectivity index (χ1n) is 10.7. The first kappa shape index (κ1) is 24.6. The van der Waals surface area contributed by atoms with Crippen LogP contribution in [-0.4, -0.2) is 81.6 Å². The molecule has 0 saturated carbocycles. The molecule has 0 aromatic carbocycles. The van der Waals surface area contributed by atoms with E-state index in [1.165, 1.54) is 10.4 Å². The maximum Gasteiger partial charge on any atom is 0.282 e. The van der Waals surface area contributed by atoms with Crippen molar-refractivity contribution in [3.8, 4) is 0 Å². The molecule has 12 heteroatoms. The Labute approximate surface area is 189 Å². The monoisotopic (exact) mass is 492 g/mol. The van der Waals surface area contributed by atoms with Crippen molar-refractivity contribution >= 4 is 37.5 Å². The molecule has 0 spiro atoms. The van der Waals surface area contributed by atoms with Crippen LogP contribution in [0.5, 0.6) is 0 Å². The van der Waals surface area contributed by atoms with E-state index in [9.17, 15) is 21.6 Å². The third-order valence-corrected chi connectivity index (χ3v) is 10.6. The molecule has 1 aromatic rings. The van der Waals surface area contributed by atoms with Crippen LogP contribution in [0, 0.1) is 5.92 Å². The van der Waals surface area contributed by atoms with Gasteiger partial charge in [0, 0.05) is 39.3 Å².